The van der Waals surface area contributed by atoms with Crippen molar-refractivity contribution in [2.45, 2.75) is 56.2 Å². The summed E-state index contributed by atoms with van der Waals surface area (Å²) in [5.74, 6) is 0.420. The number of halogens is 2. The second-order valence-corrected chi connectivity index (χ2v) is 9.37. The molecule has 2 saturated carbocycles. The Kier molecular flexibility index (Phi) is 7.51. The first kappa shape index (κ1) is 23.2. The van der Waals surface area contributed by atoms with Gasteiger partial charge in [-0.15, -0.1) is 0 Å². The van der Waals surface area contributed by atoms with Crippen LogP contribution in [0, 0.1) is 5.82 Å². The molecule has 0 atom stereocenters. The van der Waals surface area contributed by atoms with Crippen LogP contribution in [0.5, 0.6) is 0 Å². The van der Waals surface area contributed by atoms with E-state index in [9.17, 15) is 9.50 Å². The summed E-state index contributed by atoms with van der Waals surface area (Å²) in [7, 11) is 1.72. The van der Waals surface area contributed by atoms with E-state index < -0.39 is 5.60 Å². The number of hydrogen-bond acceptors (Lipinski definition) is 6. The topological polar surface area (TPSA) is 78.4 Å². The molecule has 1 aromatic carbocycles. The van der Waals surface area contributed by atoms with E-state index in [-0.39, 0.29) is 5.82 Å². The lowest BCUT2D eigenvalue weighted by molar-refractivity contribution is 0.164. The van der Waals surface area contributed by atoms with Gasteiger partial charge in [-0.1, -0.05) is 17.7 Å². The Morgan fingerprint density at radius 2 is 1.94 bits per heavy atom. The number of nitrogens with zero attached hydrogens (tertiary/aromatic N) is 1. The van der Waals surface area contributed by atoms with Crippen LogP contribution < -0.4 is 16.0 Å². The lowest BCUT2D eigenvalue weighted by atomic mass is 9.91. The number of hydrogen-bond donors (Lipinski definition) is 4. The minimum Gasteiger partial charge on any atom is -0.388 e. The molecule has 0 saturated heterocycles. The molecule has 0 amide bonds. The van der Waals surface area contributed by atoms with Crippen LogP contribution in [0.25, 0.3) is 11.1 Å². The number of ether oxygens (including phenoxy) is 1. The van der Waals surface area contributed by atoms with Crippen LogP contribution in [-0.4, -0.2) is 54.6 Å². The Bertz CT molecular complexity index is 917. The van der Waals surface area contributed by atoms with Crippen molar-refractivity contribution in [3.05, 3.63) is 41.3 Å². The fourth-order valence-corrected chi connectivity index (χ4v) is 4.38. The monoisotopic (exact) mass is 462 g/mol. The smallest absolute Gasteiger partial charge is 0.146 e. The van der Waals surface area contributed by atoms with Crippen molar-refractivity contribution in [1.29, 1.82) is 0 Å². The first-order chi connectivity index (χ1) is 15.5. The number of aliphatic hydroxyl groups is 1. The van der Waals surface area contributed by atoms with Crippen molar-refractivity contribution >= 4 is 23.1 Å². The van der Waals surface area contributed by atoms with Crippen LogP contribution >= 0.6 is 11.6 Å². The Hall–Kier alpha value is -1.93. The summed E-state index contributed by atoms with van der Waals surface area (Å²) in [6.07, 6.45) is 7.49. The summed E-state index contributed by atoms with van der Waals surface area (Å²) < 4.78 is 19.4. The van der Waals surface area contributed by atoms with Crippen molar-refractivity contribution in [3.63, 3.8) is 0 Å². The Balaban J connectivity index is 1.40. The molecule has 2 aliphatic carbocycles. The Morgan fingerprint density at radius 3 is 2.66 bits per heavy atom. The highest BCUT2D eigenvalue weighted by atomic mass is 35.5. The normalized spacial score (nSPS) is 21.9. The van der Waals surface area contributed by atoms with Crippen molar-refractivity contribution < 1.29 is 14.2 Å². The molecule has 4 rings (SSSR count). The third kappa shape index (κ3) is 6.10. The van der Waals surface area contributed by atoms with Gasteiger partial charge in [0, 0.05) is 44.0 Å². The largest absolute Gasteiger partial charge is 0.388 e. The van der Waals surface area contributed by atoms with Gasteiger partial charge >= 0.3 is 0 Å². The van der Waals surface area contributed by atoms with E-state index in [0.717, 1.165) is 68.6 Å². The molecule has 0 bridgehead atoms. The van der Waals surface area contributed by atoms with Crippen LogP contribution in [0.4, 0.5) is 15.9 Å². The van der Waals surface area contributed by atoms with Gasteiger partial charge in [0.25, 0.3) is 0 Å². The van der Waals surface area contributed by atoms with E-state index >= 15 is 0 Å². The van der Waals surface area contributed by atoms with Gasteiger partial charge in [-0.05, 0) is 62.3 Å². The summed E-state index contributed by atoms with van der Waals surface area (Å²) in [6.45, 7) is 1.96. The van der Waals surface area contributed by atoms with Crippen LogP contribution in [-0.2, 0) is 4.74 Å². The van der Waals surface area contributed by atoms with Crippen LogP contribution in [0.3, 0.4) is 0 Å². The number of rotatable bonds is 10. The molecule has 0 spiro atoms. The average molecular weight is 463 g/mol. The predicted molar refractivity (Wildman–Crippen MR) is 127 cm³/mol. The molecular weight excluding hydrogens is 431 g/mol. The first-order valence-corrected chi connectivity index (χ1v) is 11.7. The number of benzene rings is 1. The average Bonchev–Trinajstić information content (AvgIpc) is 3.53. The molecule has 2 aromatic rings. The third-order valence-corrected chi connectivity index (χ3v) is 6.69. The molecule has 1 heterocycles. The zero-order valence-electron chi connectivity index (χ0n) is 18.5. The number of anilines is 2. The molecular formula is C24H32ClFN4O2. The second kappa shape index (κ2) is 10.3. The molecule has 1 aromatic heterocycles. The van der Waals surface area contributed by atoms with Gasteiger partial charge in [0.15, 0.2) is 0 Å². The molecule has 2 aliphatic rings. The van der Waals surface area contributed by atoms with Gasteiger partial charge < -0.3 is 25.8 Å². The molecule has 0 radical (unpaired) electrons. The number of aromatic nitrogens is 1. The molecule has 8 heteroatoms. The highest BCUT2D eigenvalue weighted by Gasteiger charge is 2.40. The van der Waals surface area contributed by atoms with E-state index in [4.69, 9.17) is 16.3 Å². The maximum Gasteiger partial charge on any atom is 0.146 e. The second-order valence-electron chi connectivity index (χ2n) is 8.96. The Labute approximate surface area is 193 Å². The van der Waals surface area contributed by atoms with E-state index in [0.29, 0.717) is 29.3 Å². The van der Waals surface area contributed by atoms with E-state index in [1.54, 1.807) is 25.4 Å². The van der Waals surface area contributed by atoms with E-state index in [1.165, 1.54) is 6.07 Å². The summed E-state index contributed by atoms with van der Waals surface area (Å²) in [5, 5.41) is 20.7. The lowest BCUT2D eigenvalue weighted by Crippen LogP contribution is -2.38. The maximum absolute atomic E-state index is 14.3. The summed E-state index contributed by atoms with van der Waals surface area (Å²) in [4.78, 5) is 4.46. The lowest BCUT2D eigenvalue weighted by Gasteiger charge is -2.30. The minimum absolute atomic E-state index is 0.341. The van der Waals surface area contributed by atoms with Crippen molar-refractivity contribution in [2.24, 2.45) is 0 Å². The number of methoxy groups -OCH3 is 1. The molecule has 0 aliphatic heterocycles. The van der Waals surface area contributed by atoms with Gasteiger partial charge in [-0.3, -0.25) is 0 Å². The van der Waals surface area contributed by atoms with E-state index in [1.807, 2.05) is 6.07 Å². The van der Waals surface area contributed by atoms with Crippen molar-refractivity contribution in [3.8, 4) is 11.1 Å². The first-order valence-electron chi connectivity index (χ1n) is 11.4. The number of pyridine rings is 1. The molecule has 6 nitrogen and oxygen atoms in total. The quantitative estimate of drug-likeness (QED) is 0.391. The van der Waals surface area contributed by atoms with Gasteiger partial charge in [0.05, 0.1) is 22.9 Å². The van der Waals surface area contributed by atoms with Crippen molar-refractivity contribution in [1.82, 2.24) is 10.3 Å². The molecule has 0 unspecified atom stereocenters. The fourth-order valence-electron chi connectivity index (χ4n) is 4.16. The molecule has 4 N–H and O–H groups in total. The number of nitrogens with one attached hydrogen (secondary N) is 3. The van der Waals surface area contributed by atoms with Gasteiger partial charge in [0.1, 0.15) is 11.6 Å². The Morgan fingerprint density at radius 1 is 1.19 bits per heavy atom. The molecule has 2 fully saturated rings. The van der Waals surface area contributed by atoms with Crippen LogP contribution in [0.15, 0.2) is 30.5 Å². The standard InChI is InChI=1S/C24H32ClFN4O2/c1-32-11-10-27-17-3-5-18(6-4-17)30-23-13-19(20(25)14-28-23)16-2-7-21(26)22(12-16)29-15-24(31)8-9-24/h2,7,12-14,17-18,27,29,31H,3-6,8-11,15H2,1H3,(H,28,30). The van der Waals surface area contributed by atoms with Crippen molar-refractivity contribution in [2.75, 3.05) is 37.4 Å². The van der Waals surface area contributed by atoms with E-state index in [2.05, 4.69) is 20.9 Å². The van der Waals surface area contributed by atoms with Gasteiger partial charge in [0.2, 0.25) is 0 Å². The third-order valence-electron chi connectivity index (χ3n) is 6.39. The van der Waals surface area contributed by atoms with Crippen LogP contribution in [0.2, 0.25) is 5.02 Å². The molecule has 174 valence electrons. The minimum atomic E-state index is -0.702. The predicted octanol–water partition coefficient (Wildman–Crippen LogP) is 4.44. The molecule has 32 heavy (non-hydrogen) atoms. The summed E-state index contributed by atoms with van der Waals surface area (Å²) >= 11 is 6.44. The maximum atomic E-state index is 14.3. The van der Waals surface area contributed by atoms with Gasteiger partial charge in [-0.25, -0.2) is 9.37 Å². The highest BCUT2D eigenvalue weighted by molar-refractivity contribution is 6.33. The van der Waals surface area contributed by atoms with Crippen LogP contribution in [0.1, 0.15) is 38.5 Å². The summed E-state index contributed by atoms with van der Waals surface area (Å²) in [5.41, 5.74) is 1.27. The zero-order valence-corrected chi connectivity index (χ0v) is 19.2. The summed E-state index contributed by atoms with van der Waals surface area (Å²) in [6, 6.07) is 7.71. The SMILES string of the molecule is COCCNC1CCC(Nc2cc(-c3ccc(F)c(NCC4(O)CC4)c3)c(Cl)cn2)CC1. The highest BCUT2D eigenvalue weighted by Crippen LogP contribution is 2.36. The zero-order chi connectivity index (χ0) is 22.6. The fraction of sp³-hybridized carbons (Fsp3) is 0.542. The van der Waals surface area contributed by atoms with Gasteiger partial charge in [-0.2, -0.15) is 0 Å².